The molecule has 1 saturated heterocycles. The number of rotatable bonds is 4. The first kappa shape index (κ1) is 17.0. The normalized spacial score (nSPS) is 17.2. The van der Waals surface area contributed by atoms with Gasteiger partial charge in [0.25, 0.3) is 0 Å². The molecule has 4 nitrogen and oxygen atoms in total. The Morgan fingerprint density at radius 3 is 2.58 bits per heavy atom. The third-order valence-corrected chi connectivity index (χ3v) is 5.41. The Balaban J connectivity index is 1.68. The Labute approximate surface area is 153 Å². The molecule has 1 fully saturated rings. The zero-order valence-electron chi connectivity index (χ0n) is 13.2. The van der Waals surface area contributed by atoms with Gasteiger partial charge in [0.15, 0.2) is 0 Å². The van der Waals surface area contributed by atoms with Crippen LogP contribution in [0.1, 0.15) is 6.42 Å². The van der Waals surface area contributed by atoms with Crippen LogP contribution in [-0.2, 0) is 9.59 Å². The number of amides is 2. The molecule has 1 N–H and O–H groups in total. The number of para-hydroxylation sites is 1. The molecule has 0 spiro atoms. The number of thioether (sulfide) groups is 1. The lowest BCUT2D eigenvalue weighted by Crippen LogP contribution is -2.28. The second kappa shape index (κ2) is 7.40. The molecule has 6 heteroatoms. The first-order valence-corrected chi connectivity index (χ1v) is 9.60. The number of carbonyl (C=O) groups is 2. The van der Waals surface area contributed by atoms with Crippen molar-refractivity contribution < 1.29 is 9.59 Å². The molecule has 0 bridgehead atoms. The number of nitrogens with one attached hydrogen (secondary N) is 1. The Kier molecular flexibility index (Phi) is 5.26. The highest BCUT2D eigenvalue weighted by Crippen LogP contribution is 2.31. The van der Waals surface area contributed by atoms with Gasteiger partial charge in [0.05, 0.1) is 11.6 Å². The van der Waals surface area contributed by atoms with Gasteiger partial charge in [-0.15, -0.1) is 11.8 Å². The Hall–Kier alpha value is -1.79. The van der Waals surface area contributed by atoms with Crippen molar-refractivity contribution in [3.8, 4) is 0 Å². The van der Waals surface area contributed by atoms with Crippen LogP contribution in [0.3, 0.4) is 0 Å². The van der Waals surface area contributed by atoms with E-state index in [4.69, 9.17) is 0 Å². The summed E-state index contributed by atoms with van der Waals surface area (Å²) in [6, 6.07) is 15.2. The molecule has 0 saturated carbocycles. The van der Waals surface area contributed by atoms with E-state index in [1.807, 2.05) is 54.8 Å². The van der Waals surface area contributed by atoms with Crippen LogP contribution in [0.2, 0.25) is 0 Å². The van der Waals surface area contributed by atoms with Crippen LogP contribution in [0, 0.1) is 5.92 Å². The van der Waals surface area contributed by atoms with E-state index in [9.17, 15) is 9.59 Å². The molecule has 0 aromatic heterocycles. The Bertz CT molecular complexity index is 764. The summed E-state index contributed by atoms with van der Waals surface area (Å²) < 4.78 is 0.854. The van der Waals surface area contributed by atoms with E-state index in [1.165, 1.54) is 0 Å². The van der Waals surface area contributed by atoms with Crippen molar-refractivity contribution in [1.29, 1.82) is 0 Å². The molecule has 1 atom stereocenters. The van der Waals surface area contributed by atoms with Crippen molar-refractivity contribution in [3.05, 3.63) is 53.0 Å². The summed E-state index contributed by atoms with van der Waals surface area (Å²) in [5.41, 5.74) is 1.56. The van der Waals surface area contributed by atoms with E-state index in [1.54, 1.807) is 16.7 Å². The van der Waals surface area contributed by atoms with Gasteiger partial charge in [0, 0.05) is 28.0 Å². The molecule has 24 heavy (non-hydrogen) atoms. The maximum absolute atomic E-state index is 12.5. The fraction of sp³-hybridized carbons (Fsp3) is 0.222. The first-order valence-electron chi connectivity index (χ1n) is 7.58. The third kappa shape index (κ3) is 3.65. The molecule has 0 radical (unpaired) electrons. The van der Waals surface area contributed by atoms with Gasteiger partial charge in [0.2, 0.25) is 11.8 Å². The molecule has 3 rings (SSSR count). The monoisotopic (exact) mass is 404 g/mol. The molecule has 0 aliphatic carbocycles. The standard InChI is InChI=1S/C18H17BrN2O2S/c1-24-14-8-6-13(7-9-14)20-18(23)12-10-17(22)21(11-12)16-5-3-2-4-15(16)19/h2-9,12H,10-11H2,1H3,(H,20,23). The number of hydrogen-bond acceptors (Lipinski definition) is 3. The molecule has 1 aliphatic rings. The first-order chi connectivity index (χ1) is 11.6. The van der Waals surface area contributed by atoms with Crippen molar-refractivity contribution in [1.82, 2.24) is 0 Å². The summed E-state index contributed by atoms with van der Waals surface area (Å²) in [7, 11) is 0. The molecule has 2 aromatic carbocycles. The van der Waals surface area contributed by atoms with E-state index in [0.717, 1.165) is 20.7 Å². The van der Waals surface area contributed by atoms with Gasteiger partial charge in [-0.1, -0.05) is 12.1 Å². The highest BCUT2D eigenvalue weighted by atomic mass is 79.9. The molecule has 1 aliphatic heterocycles. The number of nitrogens with zero attached hydrogens (tertiary/aromatic N) is 1. The fourth-order valence-electron chi connectivity index (χ4n) is 2.71. The average Bonchev–Trinajstić information content (AvgIpc) is 2.98. The van der Waals surface area contributed by atoms with E-state index in [-0.39, 0.29) is 24.2 Å². The fourth-order valence-corrected chi connectivity index (χ4v) is 3.61. The van der Waals surface area contributed by atoms with Crippen LogP contribution in [-0.4, -0.2) is 24.6 Å². The van der Waals surface area contributed by atoms with Crippen LogP contribution in [0.25, 0.3) is 0 Å². The smallest absolute Gasteiger partial charge is 0.229 e. The van der Waals surface area contributed by atoms with Crippen LogP contribution < -0.4 is 10.2 Å². The van der Waals surface area contributed by atoms with Gasteiger partial charge in [0.1, 0.15) is 0 Å². The van der Waals surface area contributed by atoms with Crippen LogP contribution >= 0.6 is 27.7 Å². The van der Waals surface area contributed by atoms with Crippen LogP contribution in [0.4, 0.5) is 11.4 Å². The number of benzene rings is 2. The maximum Gasteiger partial charge on any atom is 0.229 e. The zero-order valence-corrected chi connectivity index (χ0v) is 15.6. The van der Waals surface area contributed by atoms with Crippen molar-refractivity contribution in [3.63, 3.8) is 0 Å². The van der Waals surface area contributed by atoms with Crippen molar-refractivity contribution in [2.45, 2.75) is 11.3 Å². The number of hydrogen-bond donors (Lipinski definition) is 1. The Morgan fingerprint density at radius 2 is 1.92 bits per heavy atom. The van der Waals surface area contributed by atoms with Crippen molar-refractivity contribution >= 4 is 50.9 Å². The minimum absolute atomic E-state index is 0.0280. The summed E-state index contributed by atoms with van der Waals surface area (Å²) in [6.45, 7) is 0.399. The number of halogens is 1. The molecule has 2 aromatic rings. The molecule has 1 heterocycles. The molecule has 124 valence electrons. The van der Waals surface area contributed by atoms with Gasteiger partial charge in [-0.2, -0.15) is 0 Å². The second-order valence-corrected chi connectivity index (χ2v) is 7.31. The predicted octanol–water partition coefficient (Wildman–Crippen LogP) is 4.16. The largest absolute Gasteiger partial charge is 0.326 e. The topological polar surface area (TPSA) is 49.4 Å². The lowest BCUT2D eigenvalue weighted by molar-refractivity contribution is -0.122. The van der Waals surface area contributed by atoms with Crippen LogP contribution in [0.15, 0.2) is 57.9 Å². The minimum Gasteiger partial charge on any atom is -0.326 e. The average molecular weight is 405 g/mol. The van der Waals surface area contributed by atoms with Gasteiger partial charge in [-0.25, -0.2) is 0 Å². The zero-order chi connectivity index (χ0) is 17.1. The van der Waals surface area contributed by atoms with Crippen molar-refractivity contribution in [2.75, 3.05) is 23.0 Å². The minimum atomic E-state index is -0.343. The van der Waals surface area contributed by atoms with E-state index >= 15 is 0 Å². The van der Waals surface area contributed by atoms with E-state index in [2.05, 4.69) is 21.2 Å². The summed E-state index contributed by atoms with van der Waals surface area (Å²) in [5.74, 6) is -0.487. The second-order valence-electron chi connectivity index (χ2n) is 5.57. The molecule has 1 unspecified atom stereocenters. The molecule has 2 amide bonds. The number of anilines is 2. The van der Waals surface area contributed by atoms with Gasteiger partial charge in [-0.3, -0.25) is 9.59 Å². The van der Waals surface area contributed by atoms with E-state index in [0.29, 0.717) is 6.54 Å². The van der Waals surface area contributed by atoms with Gasteiger partial charge in [-0.05, 0) is 58.6 Å². The maximum atomic E-state index is 12.5. The molecular weight excluding hydrogens is 388 g/mol. The van der Waals surface area contributed by atoms with Gasteiger partial charge < -0.3 is 10.2 Å². The quantitative estimate of drug-likeness (QED) is 0.778. The predicted molar refractivity (Wildman–Crippen MR) is 101 cm³/mol. The van der Waals surface area contributed by atoms with Gasteiger partial charge >= 0.3 is 0 Å². The van der Waals surface area contributed by atoms with Crippen molar-refractivity contribution in [2.24, 2.45) is 5.92 Å². The number of carbonyl (C=O) groups excluding carboxylic acids is 2. The van der Waals surface area contributed by atoms with E-state index < -0.39 is 0 Å². The summed E-state index contributed by atoms with van der Waals surface area (Å²) >= 11 is 5.11. The SMILES string of the molecule is CSc1ccc(NC(=O)C2CC(=O)N(c3ccccc3Br)C2)cc1. The summed E-state index contributed by atoms with van der Waals surface area (Å²) in [6.07, 6.45) is 2.24. The van der Waals surface area contributed by atoms with Crippen LogP contribution in [0.5, 0.6) is 0 Å². The lowest BCUT2D eigenvalue weighted by atomic mass is 10.1. The Morgan fingerprint density at radius 1 is 1.21 bits per heavy atom. The highest BCUT2D eigenvalue weighted by Gasteiger charge is 2.35. The highest BCUT2D eigenvalue weighted by molar-refractivity contribution is 9.10. The summed E-state index contributed by atoms with van der Waals surface area (Å²) in [4.78, 5) is 27.6. The third-order valence-electron chi connectivity index (χ3n) is 4.00. The molecular formula is C18H17BrN2O2S. The lowest BCUT2D eigenvalue weighted by Gasteiger charge is -2.18. The summed E-state index contributed by atoms with van der Waals surface area (Å²) in [5, 5.41) is 2.90.